The summed E-state index contributed by atoms with van der Waals surface area (Å²) in [5.74, 6) is 1.93. The fourth-order valence-corrected chi connectivity index (χ4v) is 2.79. The summed E-state index contributed by atoms with van der Waals surface area (Å²) < 4.78 is 0.917. The van der Waals surface area contributed by atoms with Gasteiger partial charge in [0, 0.05) is 13.6 Å². The molecule has 1 aliphatic rings. The molecule has 3 heteroatoms. The topological polar surface area (TPSA) is 16.1 Å². The molecule has 0 amide bonds. The van der Waals surface area contributed by atoms with Crippen LogP contribution in [-0.4, -0.2) is 18.6 Å². The van der Waals surface area contributed by atoms with Crippen molar-refractivity contribution in [3.63, 3.8) is 0 Å². The molecule has 1 fully saturated rings. The first kappa shape index (κ1) is 11.9. The van der Waals surface area contributed by atoms with Crippen LogP contribution in [0.2, 0.25) is 0 Å². The highest BCUT2D eigenvalue weighted by atomic mass is 79.9. The molecule has 1 aromatic rings. The summed E-state index contributed by atoms with van der Waals surface area (Å²) in [4.78, 5) is 6.76. The van der Waals surface area contributed by atoms with Crippen molar-refractivity contribution in [2.24, 2.45) is 5.92 Å². The highest BCUT2D eigenvalue weighted by molar-refractivity contribution is 9.10. The lowest BCUT2D eigenvalue weighted by Crippen LogP contribution is -2.27. The van der Waals surface area contributed by atoms with Gasteiger partial charge in [0.05, 0.1) is 0 Å². The maximum atomic E-state index is 4.48. The third-order valence-electron chi connectivity index (χ3n) is 3.35. The van der Waals surface area contributed by atoms with E-state index in [2.05, 4.69) is 38.9 Å². The van der Waals surface area contributed by atoms with E-state index in [1.54, 1.807) is 0 Å². The molecule has 2 rings (SSSR count). The fraction of sp³-hybridized carbons (Fsp3) is 0.615. The molecule has 0 saturated heterocycles. The molecule has 1 aliphatic carbocycles. The number of rotatable bonds is 3. The molecule has 2 nitrogen and oxygen atoms in total. The van der Waals surface area contributed by atoms with Crippen LogP contribution in [0.25, 0.3) is 0 Å². The van der Waals surface area contributed by atoms with E-state index in [-0.39, 0.29) is 0 Å². The van der Waals surface area contributed by atoms with Gasteiger partial charge in [0.25, 0.3) is 0 Å². The first-order valence-corrected chi connectivity index (χ1v) is 6.89. The van der Waals surface area contributed by atoms with Gasteiger partial charge in [-0.3, -0.25) is 0 Å². The average molecular weight is 283 g/mol. The zero-order valence-corrected chi connectivity index (χ0v) is 11.4. The third-order valence-corrected chi connectivity index (χ3v) is 3.79. The van der Waals surface area contributed by atoms with Crippen LogP contribution in [0.5, 0.6) is 0 Å². The molecular formula is C13H19BrN2. The molecule has 88 valence electrons. The summed E-state index contributed by atoms with van der Waals surface area (Å²) in [7, 11) is 2.14. The van der Waals surface area contributed by atoms with E-state index >= 15 is 0 Å². The maximum Gasteiger partial charge on any atom is 0.129 e. The Morgan fingerprint density at radius 2 is 2.06 bits per heavy atom. The van der Waals surface area contributed by atoms with Crippen molar-refractivity contribution in [3.05, 3.63) is 22.8 Å². The lowest BCUT2D eigenvalue weighted by molar-refractivity contribution is 0.361. The van der Waals surface area contributed by atoms with Crippen molar-refractivity contribution in [2.45, 2.75) is 32.1 Å². The fourth-order valence-electron chi connectivity index (χ4n) is 2.46. The molecule has 16 heavy (non-hydrogen) atoms. The van der Waals surface area contributed by atoms with Gasteiger partial charge in [0.1, 0.15) is 10.4 Å². The van der Waals surface area contributed by atoms with Crippen LogP contribution >= 0.6 is 15.9 Å². The van der Waals surface area contributed by atoms with E-state index in [1.807, 2.05) is 12.1 Å². The number of anilines is 1. The Hall–Kier alpha value is -0.570. The van der Waals surface area contributed by atoms with Crippen LogP contribution in [-0.2, 0) is 0 Å². The molecule has 0 aliphatic heterocycles. The van der Waals surface area contributed by atoms with Crippen molar-refractivity contribution in [2.75, 3.05) is 18.5 Å². The number of halogens is 1. The summed E-state index contributed by atoms with van der Waals surface area (Å²) in [6.45, 7) is 1.14. The Morgan fingerprint density at radius 3 is 2.75 bits per heavy atom. The lowest BCUT2D eigenvalue weighted by atomic mass is 9.89. The van der Waals surface area contributed by atoms with Crippen molar-refractivity contribution in [1.29, 1.82) is 0 Å². The molecule has 0 bridgehead atoms. The molecular weight excluding hydrogens is 264 g/mol. The van der Waals surface area contributed by atoms with Crippen LogP contribution in [0.3, 0.4) is 0 Å². The Labute approximate surface area is 106 Å². The number of hydrogen-bond acceptors (Lipinski definition) is 2. The first-order valence-electron chi connectivity index (χ1n) is 6.09. The second kappa shape index (κ2) is 5.67. The zero-order chi connectivity index (χ0) is 11.4. The highest BCUT2D eigenvalue weighted by Crippen LogP contribution is 2.25. The molecule has 1 heterocycles. The molecule has 1 aromatic heterocycles. The van der Waals surface area contributed by atoms with Crippen LogP contribution in [0, 0.1) is 5.92 Å². The highest BCUT2D eigenvalue weighted by Gasteiger charge is 2.15. The van der Waals surface area contributed by atoms with E-state index in [9.17, 15) is 0 Å². The molecule has 0 unspecified atom stereocenters. The van der Waals surface area contributed by atoms with Crippen molar-refractivity contribution in [3.8, 4) is 0 Å². The minimum Gasteiger partial charge on any atom is -0.359 e. The second-order valence-corrected chi connectivity index (χ2v) is 5.52. The molecule has 0 atom stereocenters. The van der Waals surface area contributed by atoms with Crippen molar-refractivity contribution < 1.29 is 0 Å². The third kappa shape index (κ3) is 3.21. The van der Waals surface area contributed by atoms with E-state index in [1.165, 1.54) is 32.1 Å². The molecule has 0 N–H and O–H groups in total. The smallest absolute Gasteiger partial charge is 0.129 e. The van der Waals surface area contributed by atoms with E-state index in [4.69, 9.17) is 0 Å². The normalized spacial score (nSPS) is 17.4. The average Bonchev–Trinajstić information content (AvgIpc) is 2.30. The Balaban J connectivity index is 1.94. The van der Waals surface area contributed by atoms with E-state index in [0.717, 1.165) is 22.9 Å². The van der Waals surface area contributed by atoms with Gasteiger partial charge < -0.3 is 4.90 Å². The van der Waals surface area contributed by atoms with Gasteiger partial charge in [0.15, 0.2) is 0 Å². The SMILES string of the molecule is CN(CC1CCCCC1)c1cccc(Br)n1. The van der Waals surface area contributed by atoms with Crippen LogP contribution in [0.15, 0.2) is 22.8 Å². The van der Waals surface area contributed by atoms with Crippen LogP contribution in [0.4, 0.5) is 5.82 Å². The molecule has 1 saturated carbocycles. The summed E-state index contributed by atoms with van der Waals surface area (Å²) in [6, 6.07) is 6.09. The molecule has 0 spiro atoms. The lowest BCUT2D eigenvalue weighted by Gasteiger charge is -2.27. The van der Waals surface area contributed by atoms with Gasteiger partial charge in [-0.05, 0) is 46.8 Å². The predicted octanol–water partition coefficient (Wildman–Crippen LogP) is 3.86. The number of nitrogens with zero attached hydrogens (tertiary/aromatic N) is 2. The van der Waals surface area contributed by atoms with Crippen molar-refractivity contribution in [1.82, 2.24) is 4.98 Å². The van der Waals surface area contributed by atoms with Gasteiger partial charge in [0.2, 0.25) is 0 Å². The first-order chi connectivity index (χ1) is 7.75. The minimum atomic E-state index is 0.861. The molecule has 0 radical (unpaired) electrons. The van der Waals surface area contributed by atoms with Gasteiger partial charge in [-0.2, -0.15) is 0 Å². The maximum absolute atomic E-state index is 4.48. The number of pyridine rings is 1. The second-order valence-electron chi connectivity index (χ2n) is 4.70. The number of hydrogen-bond donors (Lipinski definition) is 0. The Bertz CT molecular complexity index is 334. The Kier molecular flexibility index (Phi) is 4.22. The quantitative estimate of drug-likeness (QED) is 0.783. The van der Waals surface area contributed by atoms with Gasteiger partial charge in [-0.15, -0.1) is 0 Å². The van der Waals surface area contributed by atoms with E-state index < -0.39 is 0 Å². The Morgan fingerprint density at radius 1 is 1.31 bits per heavy atom. The van der Waals surface area contributed by atoms with Crippen LogP contribution in [0.1, 0.15) is 32.1 Å². The van der Waals surface area contributed by atoms with Gasteiger partial charge >= 0.3 is 0 Å². The minimum absolute atomic E-state index is 0.861. The largest absolute Gasteiger partial charge is 0.359 e. The standard InChI is InChI=1S/C13H19BrN2/c1-16(10-11-6-3-2-4-7-11)13-9-5-8-12(14)15-13/h5,8-9,11H,2-4,6-7,10H2,1H3. The monoisotopic (exact) mass is 282 g/mol. The summed E-state index contributed by atoms with van der Waals surface area (Å²) in [5.41, 5.74) is 0. The van der Waals surface area contributed by atoms with Gasteiger partial charge in [-0.1, -0.05) is 25.3 Å². The summed E-state index contributed by atoms with van der Waals surface area (Å²) in [6.07, 6.45) is 7.01. The van der Waals surface area contributed by atoms with Crippen LogP contribution < -0.4 is 4.90 Å². The summed E-state index contributed by atoms with van der Waals surface area (Å²) >= 11 is 3.42. The molecule has 0 aromatic carbocycles. The summed E-state index contributed by atoms with van der Waals surface area (Å²) in [5, 5.41) is 0. The predicted molar refractivity (Wildman–Crippen MR) is 71.8 cm³/mol. The number of aromatic nitrogens is 1. The van der Waals surface area contributed by atoms with Gasteiger partial charge in [-0.25, -0.2) is 4.98 Å². The zero-order valence-electron chi connectivity index (χ0n) is 9.82. The van der Waals surface area contributed by atoms with E-state index in [0.29, 0.717) is 0 Å². The van der Waals surface area contributed by atoms with Crippen molar-refractivity contribution >= 4 is 21.7 Å².